The lowest BCUT2D eigenvalue weighted by Gasteiger charge is -2.10. The Morgan fingerprint density at radius 1 is 1.17 bits per heavy atom. The largest absolute Gasteiger partial charge is 0.573 e. The second kappa shape index (κ2) is 8.85. The molecule has 3 N–H and O–H groups in total. The van der Waals surface area contributed by atoms with E-state index in [9.17, 15) is 17.6 Å². The molecule has 0 amide bonds. The molecule has 0 unspecified atom stereocenters. The number of imidazole rings is 1. The molecule has 10 heteroatoms. The lowest BCUT2D eigenvalue weighted by molar-refractivity contribution is -0.274. The van der Waals surface area contributed by atoms with Gasteiger partial charge in [0.25, 0.3) is 0 Å². The van der Waals surface area contributed by atoms with E-state index in [1.807, 2.05) is 0 Å². The summed E-state index contributed by atoms with van der Waals surface area (Å²) < 4.78 is 56.3. The topological polar surface area (TPSA) is 77.5 Å². The first-order chi connectivity index (χ1) is 14.2. The minimum absolute atomic E-state index is 0.126. The molecule has 2 aromatic carbocycles. The summed E-state index contributed by atoms with van der Waals surface area (Å²) in [7, 11) is 0. The van der Waals surface area contributed by atoms with E-state index in [-0.39, 0.29) is 24.8 Å². The predicted octanol–water partition coefficient (Wildman–Crippen LogP) is 3.82. The average molecular weight is 421 g/mol. The van der Waals surface area contributed by atoms with Gasteiger partial charge in [-0.3, -0.25) is 0 Å². The Labute approximate surface area is 170 Å². The molecule has 0 aliphatic rings. The zero-order valence-corrected chi connectivity index (χ0v) is 15.9. The van der Waals surface area contributed by atoms with Gasteiger partial charge in [0.05, 0.1) is 12.2 Å². The number of alkyl halides is 3. The molecular formula is C20H19F4N5O. The highest BCUT2D eigenvalue weighted by molar-refractivity contribution is 5.77. The van der Waals surface area contributed by atoms with Crippen molar-refractivity contribution >= 4 is 5.96 Å². The van der Waals surface area contributed by atoms with Gasteiger partial charge >= 0.3 is 6.36 Å². The second-order valence-electron chi connectivity index (χ2n) is 6.38. The predicted molar refractivity (Wildman–Crippen MR) is 104 cm³/mol. The SMILES string of the molecule is Cc1nccn1-c1ccc(CN=C(N)NCc2ccc(OC(F)(F)F)cc2)cc1F. The van der Waals surface area contributed by atoms with Crippen LogP contribution >= 0.6 is 0 Å². The molecule has 0 radical (unpaired) electrons. The van der Waals surface area contributed by atoms with E-state index in [1.54, 1.807) is 36.0 Å². The van der Waals surface area contributed by atoms with Crippen molar-refractivity contribution in [2.24, 2.45) is 10.7 Å². The quantitative estimate of drug-likeness (QED) is 0.360. The molecule has 30 heavy (non-hydrogen) atoms. The Balaban J connectivity index is 1.55. The van der Waals surface area contributed by atoms with Crippen molar-refractivity contribution in [2.45, 2.75) is 26.4 Å². The molecule has 0 atom stereocenters. The summed E-state index contributed by atoms with van der Waals surface area (Å²) >= 11 is 0. The standard InChI is InChI=1S/C20H19F4N5O/c1-13-26-8-9-29(13)18-7-4-15(10-17(18)21)12-28-19(25)27-11-14-2-5-16(6-3-14)30-20(22,23)24/h2-10H,11-12H2,1H3,(H3,25,27,28). The number of benzene rings is 2. The van der Waals surface area contributed by atoms with Gasteiger partial charge in [0, 0.05) is 18.9 Å². The van der Waals surface area contributed by atoms with Crippen LogP contribution in [0.15, 0.2) is 59.9 Å². The number of aliphatic imine (C=N–C) groups is 1. The van der Waals surface area contributed by atoms with Crippen LogP contribution in [0.5, 0.6) is 5.75 Å². The van der Waals surface area contributed by atoms with E-state index in [4.69, 9.17) is 5.73 Å². The molecule has 3 aromatic rings. The van der Waals surface area contributed by atoms with Crippen LogP contribution in [-0.2, 0) is 13.1 Å². The third kappa shape index (κ3) is 5.72. The van der Waals surface area contributed by atoms with Crippen LogP contribution < -0.4 is 15.8 Å². The molecule has 0 aliphatic heterocycles. The molecular weight excluding hydrogens is 402 g/mol. The van der Waals surface area contributed by atoms with Crippen LogP contribution in [0.25, 0.3) is 5.69 Å². The van der Waals surface area contributed by atoms with Gasteiger partial charge in [-0.25, -0.2) is 14.4 Å². The normalized spacial score (nSPS) is 12.1. The van der Waals surface area contributed by atoms with Crippen LogP contribution in [-0.4, -0.2) is 21.9 Å². The minimum atomic E-state index is -4.73. The number of hydrogen-bond donors (Lipinski definition) is 2. The van der Waals surface area contributed by atoms with E-state index in [0.29, 0.717) is 22.6 Å². The highest BCUT2D eigenvalue weighted by atomic mass is 19.4. The van der Waals surface area contributed by atoms with Crippen molar-refractivity contribution in [3.63, 3.8) is 0 Å². The van der Waals surface area contributed by atoms with E-state index < -0.39 is 12.2 Å². The maximum absolute atomic E-state index is 14.4. The molecule has 0 saturated heterocycles. The summed E-state index contributed by atoms with van der Waals surface area (Å²) in [4.78, 5) is 8.23. The molecule has 6 nitrogen and oxygen atoms in total. The van der Waals surface area contributed by atoms with Crippen LogP contribution in [0.4, 0.5) is 17.6 Å². The molecule has 158 valence electrons. The summed E-state index contributed by atoms with van der Waals surface area (Å²) in [5.41, 5.74) is 7.52. The van der Waals surface area contributed by atoms with Crippen molar-refractivity contribution in [1.82, 2.24) is 14.9 Å². The smallest absolute Gasteiger partial charge is 0.406 e. The summed E-state index contributed by atoms with van der Waals surface area (Å²) in [6, 6.07) is 10.2. The van der Waals surface area contributed by atoms with Crippen LogP contribution in [0.2, 0.25) is 0 Å². The highest BCUT2D eigenvalue weighted by Gasteiger charge is 2.30. The zero-order chi connectivity index (χ0) is 21.7. The number of rotatable bonds is 6. The highest BCUT2D eigenvalue weighted by Crippen LogP contribution is 2.22. The number of guanidine groups is 1. The van der Waals surface area contributed by atoms with Gasteiger partial charge in [0.1, 0.15) is 17.4 Å². The molecule has 0 bridgehead atoms. The molecule has 0 spiro atoms. The Kier molecular flexibility index (Phi) is 6.24. The van der Waals surface area contributed by atoms with Crippen molar-refractivity contribution in [3.05, 3.63) is 77.6 Å². The van der Waals surface area contributed by atoms with Crippen molar-refractivity contribution in [3.8, 4) is 11.4 Å². The minimum Gasteiger partial charge on any atom is -0.406 e. The van der Waals surface area contributed by atoms with Gasteiger partial charge in [-0.05, 0) is 42.3 Å². The van der Waals surface area contributed by atoms with Gasteiger partial charge in [-0.2, -0.15) is 0 Å². The summed E-state index contributed by atoms with van der Waals surface area (Å²) in [6.07, 6.45) is -1.46. The lowest BCUT2D eigenvalue weighted by atomic mass is 10.2. The Morgan fingerprint density at radius 3 is 2.47 bits per heavy atom. The molecule has 3 rings (SSSR count). The van der Waals surface area contributed by atoms with E-state index in [1.165, 1.54) is 30.3 Å². The van der Waals surface area contributed by atoms with E-state index >= 15 is 0 Å². The zero-order valence-electron chi connectivity index (χ0n) is 15.9. The molecule has 0 saturated carbocycles. The number of ether oxygens (including phenoxy) is 1. The summed E-state index contributed by atoms with van der Waals surface area (Å²) in [6.45, 7) is 2.20. The van der Waals surface area contributed by atoms with Gasteiger partial charge in [-0.1, -0.05) is 18.2 Å². The van der Waals surface area contributed by atoms with Crippen molar-refractivity contribution < 1.29 is 22.3 Å². The van der Waals surface area contributed by atoms with E-state index in [0.717, 1.165) is 0 Å². The van der Waals surface area contributed by atoms with Gasteiger partial charge in [0.2, 0.25) is 0 Å². The van der Waals surface area contributed by atoms with Gasteiger partial charge in [0.15, 0.2) is 5.96 Å². The maximum Gasteiger partial charge on any atom is 0.573 e. The fraction of sp³-hybridized carbons (Fsp3) is 0.200. The molecule has 1 aromatic heterocycles. The molecule has 0 fully saturated rings. The number of hydrogen-bond acceptors (Lipinski definition) is 3. The fourth-order valence-electron chi connectivity index (χ4n) is 2.71. The summed E-state index contributed by atoms with van der Waals surface area (Å²) in [5.74, 6) is 0.0902. The average Bonchev–Trinajstić information content (AvgIpc) is 3.10. The number of nitrogens with zero attached hydrogens (tertiary/aromatic N) is 3. The number of nitrogens with one attached hydrogen (secondary N) is 1. The number of nitrogens with two attached hydrogens (primary N) is 1. The third-order valence-electron chi connectivity index (χ3n) is 4.16. The Hall–Kier alpha value is -3.56. The Bertz CT molecular complexity index is 1030. The molecule has 1 heterocycles. The molecule has 0 aliphatic carbocycles. The third-order valence-corrected chi connectivity index (χ3v) is 4.16. The monoisotopic (exact) mass is 421 g/mol. The maximum atomic E-state index is 14.4. The first kappa shape index (κ1) is 21.2. The second-order valence-corrected chi connectivity index (χ2v) is 6.38. The Morgan fingerprint density at radius 2 is 1.87 bits per heavy atom. The van der Waals surface area contributed by atoms with Gasteiger partial charge < -0.3 is 20.4 Å². The first-order valence-electron chi connectivity index (χ1n) is 8.88. The van der Waals surface area contributed by atoms with Crippen LogP contribution in [0, 0.1) is 12.7 Å². The van der Waals surface area contributed by atoms with Gasteiger partial charge in [-0.15, -0.1) is 13.2 Å². The van der Waals surface area contributed by atoms with Crippen molar-refractivity contribution in [1.29, 1.82) is 0 Å². The first-order valence-corrected chi connectivity index (χ1v) is 8.88. The van der Waals surface area contributed by atoms with E-state index in [2.05, 4.69) is 20.0 Å². The van der Waals surface area contributed by atoms with Crippen LogP contribution in [0.3, 0.4) is 0 Å². The van der Waals surface area contributed by atoms with Crippen LogP contribution in [0.1, 0.15) is 17.0 Å². The number of aryl methyl sites for hydroxylation is 1. The number of aromatic nitrogens is 2. The number of halogens is 4. The van der Waals surface area contributed by atoms with Crippen molar-refractivity contribution in [2.75, 3.05) is 0 Å². The lowest BCUT2D eigenvalue weighted by Crippen LogP contribution is -2.31. The summed E-state index contributed by atoms with van der Waals surface area (Å²) in [5, 5.41) is 2.85. The fourth-order valence-corrected chi connectivity index (χ4v) is 2.71.